The molecule has 0 unspecified atom stereocenters. The summed E-state index contributed by atoms with van der Waals surface area (Å²) in [4.78, 5) is 12.0. The maximum atomic E-state index is 12.0. The number of carbonyl (C=O) groups excluding carboxylic acids is 1. The minimum atomic E-state index is -1.11. The lowest BCUT2D eigenvalue weighted by Gasteiger charge is -2.33. The van der Waals surface area contributed by atoms with Gasteiger partial charge in [0.25, 0.3) is 0 Å². The predicted octanol–water partition coefficient (Wildman–Crippen LogP) is 2.27. The van der Waals surface area contributed by atoms with E-state index in [1.165, 1.54) is 0 Å². The number of allylic oxidation sites excluding steroid dienone is 1. The molecule has 1 N–H and O–H groups in total. The molecule has 1 aliphatic rings. The second kappa shape index (κ2) is 10.3. The first-order chi connectivity index (χ1) is 12.2. The lowest BCUT2D eigenvalue weighted by atomic mass is 9.97. The van der Waals surface area contributed by atoms with E-state index in [1.807, 2.05) is 0 Å². The number of nitriles is 1. The number of alkyl carbamates (subject to hydrolysis) is 1. The average molecular weight is 368 g/mol. The number of methoxy groups -OCH3 is 2. The van der Waals surface area contributed by atoms with E-state index in [9.17, 15) is 10.1 Å². The molecule has 1 amide bonds. The molecule has 0 atom stereocenters. The lowest BCUT2D eigenvalue weighted by molar-refractivity contribution is -0.212. The molecule has 8 nitrogen and oxygen atoms in total. The van der Waals surface area contributed by atoms with E-state index in [4.69, 9.17) is 23.7 Å². The van der Waals surface area contributed by atoms with Crippen molar-refractivity contribution in [3.05, 3.63) is 23.4 Å². The van der Waals surface area contributed by atoms with Gasteiger partial charge in [0, 0.05) is 20.6 Å². The molecule has 0 aromatic carbocycles. The van der Waals surface area contributed by atoms with Gasteiger partial charge in [0.2, 0.25) is 0 Å². The number of amides is 1. The minimum absolute atomic E-state index is 0.151. The molecule has 0 saturated heterocycles. The molecule has 0 saturated carbocycles. The SMILES string of the molecule is COCCOC1(OCCOC)C=CC(NC(=O)OC(C)(C)C)=C(C#N)C1. The highest BCUT2D eigenvalue weighted by Gasteiger charge is 2.35. The molecule has 8 heteroatoms. The molecular weight excluding hydrogens is 340 g/mol. The molecule has 1 rings (SSSR count). The Hall–Kier alpha value is -1.92. The van der Waals surface area contributed by atoms with E-state index in [1.54, 1.807) is 47.1 Å². The zero-order chi connectivity index (χ0) is 19.6. The summed E-state index contributed by atoms with van der Waals surface area (Å²) in [5.41, 5.74) is 0.0582. The smallest absolute Gasteiger partial charge is 0.412 e. The van der Waals surface area contributed by atoms with Crippen LogP contribution in [-0.2, 0) is 23.7 Å². The number of rotatable bonds is 9. The Morgan fingerprint density at radius 2 is 1.77 bits per heavy atom. The summed E-state index contributed by atoms with van der Waals surface area (Å²) in [6.07, 6.45) is 2.79. The largest absolute Gasteiger partial charge is 0.444 e. The van der Waals surface area contributed by atoms with Crippen LogP contribution >= 0.6 is 0 Å². The standard InChI is InChI=1S/C18H28N2O6/c1-17(2,3)26-16(21)20-15-6-7-18(12-14(15)13-19,24-10-8-22-4)25-11-9-23-5/h6-7H,8-12H2,1-5H3,(H,20,21). The molecule has 0 radical (unpaired) electrons. The van der Waals surface area contributed by atoms with E-state index < -0.39 is 17.5 Å². The third-order valence-electron chi connectivity index (χ3n) is 3.29. The Kier molecular flexibility index (Phi) is 8.75. The lowest BCUT2D eigenvalue weighted by Crippen LogP contribution is -2.40. The summed E-state index contributed by atoms with van der Waals surface area (Å²) < 4.78 is 26.8. The van der Waals surface area contributed by atoms with Gasteiger partial charge < -0.3 is 23.7 Å². The quantitative estimate of drug-likeness (QED) is 0.492. The van der Waals surface area contributed by atoms with Crippen molar-refractivity contribution in [2.45, 2.75) is 38.6 Å². The predicted molar refractivity (Wildman–Crippen MR) is 94.2 cm³/mol. The Morgan fingerprint density at radius 1 is 1.19 bits per heavy atom. The number of nitrogens with one attached hydrogen (secondary N) is 1. The first kappa shape index (κ1) is 22.1. The maximum absolute atomic E-state index is 12.0. The summed E-state index contributed by atoms with van der Waals surface area (Å²) in [5.74, 6) is -1.11. The first-order valence-electron chi connectivity index (χ1n) is 8.33. The van der Waals surface area contributed by atoms with Crippen LogP contribution < -0.4 is 5.32 Å². The summed E-state index contributed by atoms with van der Waals surface area (Å²) in [6.45, 7) is 6.65. The monoisotopic (exact) mass is 368 g/mol. The highest BCUT2D eigenvalue weighted by atomic mass is 16.7. The van der Waals surface area contributed by atoms with Gasteiger partial charge in [-0.2, -0.15) is 5.26 Å². The second-order valence-corrected chi connectivity index (χ2v) is 6.64. The van der Waals surface area contributed by atoms with Crippen molar-refractivity contribution in [2.24, 2.45) is 0 Å². The van der Waals surface area contributed by atoms with Gasteiger partial charge in [-0.25, -0.2) is 4.79 Å². The zero-order valence-corrected chi connectivity index (χ0v) is 16.1. The first-order valence-corrected chi connectivity index (χ1v) is 8.33. The number of hydrogen-bond donors (Lipinski definition) is 1. The van der Waals surface area contributed by atoms with Crippen LogP contribution in [0.5, 0.6) is 0 Å². The van der Waals surface area contributed by atoms with Crippen LogP contribution in [-0.4, -0.2) is 58.1 Å². The fourth-order valence-electron chi connectivity index (χ4n) is 2.18. The highest BCUT2D eigenvalue weighted by molar-refractivity contribution is 5.71. The van der Waals surface area contributed by atoms with Crippen molar-refractivity contribution < 1.29 is 28.5 Å². The van der Waals surface area contributed by atoms with Crippen LogP contribution in [0.3, 0.4) is 0 Å². The number of carbonyl (C=O) groups is 1. The molecule has 1 aliphatic carbocycles. The molecule has 0 aliphatic heterocycles. The normalized spacial score (nSPS) is 16.3. The van der Waals surface area contributed by atoms with Crippen LogP contribution in [0.1, 0.15) is 27.2 Å². The number of ether oxygens (including phenoxy) is 5. The summed E-state index contributed by atoms with van der Waals surface area (Å²) in [5, 5.41) is 12.1. The number of nitrogens with zero attached hydrogens (tertiary/aromatic N) is 1. The Balaban J connectivity index is 2.88. The molecular formula is C18H28N2O6. The van der Waals surface area contributed by atoms with Crippen molar-refractivity contribution >= 4 is 6.09 Å². The molecule has 0 aromatic heterocycles. The van der Waals surface area contributed by atoms with Crippen molar-refractivity contribution in [1.29, 1.82) is 5.26 Å². The van der Waals surface area contributed by atoms with Crippen LogP contribution in [0.15, 0.2) is 23.4 Å². The molecule has 26 heavy (non-hydrogen) atoms. The molecule has 146 valence electrons. The molecule has 0 bridgehead atoms. The molecule has 0 aromatic rings. The van der Waals surface area contributed by atoms with E-state index in [2.05, 4.69) is 11.4 Å². The highest BCUT2D eigenvalue weighted by Crippen LogP contribution is 2.30. The topological polar surface area (TPSA) is 99.0 Å². The van der Waals surface area contributed by atoms with Crippen LogP contribution in [0, 0.1) is 11.3 Å². The van der Waals surface area contributed by atoms with Gasteiger partial charge in [0.15, 0.2) is 5.79 Å². The van der Waals surface area contributed by atoms with Crippen molar-refractivity contribution in [3.63, 3.8) is 0 Å². The fraction of sp³-hybridized carbons (Fsp3) is 0.667. The average Bonchev–Trinajstić information content (AvgIpc) is 2.55. The molecule has 0 spiro atoms. The van der Waals surface area contributed by atoms with Gasteiger partial charge in [-0.3, -0.25) is 5.32 Å². The summed E-state index contributed by atoms with van der Waals surface area (Å²) >= 11 is 0. The summed E-state index contributed by atoms with van der Waals surface area (Å²) in [6, 6.07) is 2.09. The van der Waals surface area contributed by atoms with Gasteiger partial charge in [-0.15, -0.1) is 0 Å². The van der Waals surface area contributed by atoms with Crippen molar-refractivity contribution in [2.75, 3.05) is 40.6 Å². The Bertz CT molecular complexity index is 561. The zero-order valence-electron chi connectivity index (χ0n) is 16.1. The van der Waals surface area contributed by atoms with E-state index >= 15 is 0 Å². The van der Waals surface area contributed by atoms with Crippen LogP contribution in [0.25, 0.3) is 0 Å². The van der Waals surface area contributed by atoms with Crippen molar-refractivity contribution in [1.82, 2.24) is 5.32 Å². The minimum Gasteiger partial charge on any atom is -0.444 e. The van der Waals surface area contributed by atoms with E-state index in [0.717, 1.165) is 0 Å². The third-order valence-corrected chi connectivity index (χ3v) is 3.29. The maximum Gasteiger partial charge on any atom is 0.412 e. The second-order valence-electron chi connectivity index (χ2n) is 6.64. The van der Waals surface area contributed by atoms with Crippen molar-refractivity contribution in [3.8, 4) is 6.07 Å². The van der Waals surface area contributed by atoms with Gasteiger partial charge in [0.1, 0.15) is 5.60 Å². The Morgan fingerprint density at radius 3 is 2.23 bits per heavy atom. The number of hydrogen-bond acceptors (Lipinski definition) is 7. The van der Waals surface area contributed by atoms with Gasteiger partial charge in [-0.05, 0) is 32.9 Å². The third kappa shape index (κ3) is 7.54. The van der Waals surface area contributed by atoms with Crippen LogP contribution in [0.2, 0.25) is 0 Å². The van der Waals surface area contributed by atoms with Gasteiger partial charge >= 0.3 is 6.09 Å². The van der Waals surface area contributed by atoms with Gasteiger partial charge in [-0.1, -0.05) is 0 Å². The molecule has 0 heterocycles. The summed E-state index contributed by atoms with van der Waals surface area (Å²) in [7, 11) is 3.14. The van der Waals surface area contributed by atoms with E-state index in [0.29, 0.717) is 37.7 Å². The van der Waals surface area contributed by atoms with Gasteiger partial charge in [0.05, 0.1) is 43.8 Å². The molecule has 0 fully saturated rings. The fourth-order valence-corrected chi connectivity index (χ4v) is 2.18. The van der Waals surface area contributed by atoms with E-state index in [-0.39, 0.29) is 6.42 Å². The van der Waals surface area contributed by atoms with Crippen LogP contribution in [0.4, 0.5) is 4.79 Å². The Labute approximate surface area is 154 Å².